The molecule has 1 saturated heterocycles. The molecule has 3 unspecified atom stereocenters. The lowest BCUT2D eigenvalue weighted by molar-refractivity contribution is -0.124. The molecule has 1 heterocycles. The summed E-state index contributed by atoms with van der Waals surface area (Å²) < 4.78 is 0. The summed E-state index contributed by atoms with van der Waals surface area (Å²) in [4.78, 5) is 11.9. The van der Waals surface area contributed by atoms with E-state index in [0.717, 1.165) is 25.8 Å². The molecule has 0 aromatic rings. The summed E-state index contributed by atoms with van der Waals surface area (Å²) in [6.07, 6.45) is 4.41. The van der Waals surface area contributed by atoms with Gasteiger partial charge in [-0.05, 0) is 32.2 Å². The quantitative estimate of drug-likeness (QED) is 0.662. The van der Waals surface area contributed by atoms with E-state index < -0.39 is 0 Å². The minimum absolute atomic E-state index is 0.0301. The highest BCUT2D eigenvalue weighted by Gasteiger charge is 2.22. The molecule has 1 rings (SSSR count). The largest absolute Gasteiger partial charge is 0.396 e. The van der Waals surface area contributed by atoms with Crippen molar-refractivity contribution in [3.63, 3.8) is 0 Å². The predicted octanol–water partition coefficient (Wildman–Crippen LogP) is 0.652. The number of amides is 1. The lowest BCUT2D eigenvalue weighted by Gasteiger charge is -2.23. The van der Waals surface area contributed by atoms with Gasteiger partial charge in [0.05, 0.1) is 6.04 Å². The number of aliphatic hydroxyl groups excluding tert-OH is 1. The molecule has 0 aromatic carbocycles. The van der Waals surface area contributed by atoms with Crippen molar-refractivity contribution < 1.29 is 9.90 Å². The molecule has 1 amide bonds. The minimum atomic E-state index is -0.0455. The first kappa shape index (κ1) is 13.5. The Morgan fingerprint density at radius 2 is 2.19 bits per heavy atom. The van der Waals surface area contributed by atoms with Crippen molar-refractivity contribution in [3.05, 3.63) is 0 Å². The van der Waals surface area contributed by atoms with E-state index in [1.807, 2.05) is 13.8 Å². The van der Waals surface area contributed by atoms with Crippen LogP contribution in [-0.4, -0.2) is 36.2 Å². The van der Waals surface area contributed by atoms with Crippen LogP contribution in [0.2, 0.25) is 0 Å². The van der Waals surface area contributed by atoms with Crippen molar-refractivity contribution in [1.29, 1.82) is 0 Å². The van der Waals surface area contributed by atoms with Gasteiger partial charge in [-0.3, -0.25) is 4.79 Å². The van der Waals surface area contributed by atoms with Gasteiger partial charge < -0.3 is 15.7 Å². The van der Waals surface area contributed by atoms with Gasteiger partial charge in [0.15, 0.2) is 0 Å². The lowest BCUT2D eigenvalue weighted by Crippen LogP contribution is -2.48. The van der Waals surface area contributed by atoms with E-state index in [9.17, 15) is 4.79 Å². The van der Waals surface area contributed by atoms with Crippen molar-refractivity contribution in [2.45, 2.75) is 51.6 Å². The summed E-state index contributed by atoms with van der Waals surface area (Å²) in [5, 5.41) is 15.2. The highest BCUT2D eigenvalue weighted by molar-refractivity contribution is 5.82. The molecule has 0 spiro atoms. The minimum Gasteiger partial charge on any atom is -0.396 e. The van der Waals surface area contributed by atoms with Gasteiger partial charge in [-0.2, -0.15) is 0 Å². The fraction of sp³-hybridized carbons (Fsp3) is 0.917. The zero-order chi connectivity index (χ0) is 12.0. The van der Waals surface area contributed by atoms with Crippen molar-refractivity contribution in [2.24, 2.45) is 5.92 Å². The summed E-state index contributed by atoms with van der Waals surface area (Å²) in [7, 11) is 0. The van der Waals surface area contributed by atoms with Crippen LogP contribution in [0.25, 0.3) is 0 Å². The van der Waals surface area contributed by atoms with E-state index in [-0.39, 0.29) is 30.5 Å². The Bertz CT molecular complexity index is 213. The van der Waals surface area contributed by atoms with Crippen LogP contribution in [0.1, 0.15) is 39.5 Å². The van der Waals surface area contributed by atoms with Gasteiger partial charge in [-0.1, -0.05) is 19.8 Å². The first-order chi connectivity index (χ1) is 7.65. The number of carbonyl (C=O) groups is 1. The maximum Gasteiger partial charge on any atom is 0.237 e. The van der Waals surface area contributed by atoms with Gasteiger partial charge in [0.1, 0.15) is 0 Å². The van der Waals surface area contributed by atoms with Gasteiger partial charge in [0.25, 0.3) is 0 Å². The number of aliphatic hydroxyl groups is 1. The van der Waals surface area contributed by atoms with Gasteiger partial charge >= 0.3 is 0 Å². The number of carbonyl (C=O) groups excluding carboxylic acids is 1. The molecule has 0 saturated carbocycles. The monoisotopic (exact) mass is 228 g/mol. The Morgan fingerprint density at radius 3 is 2.88 bits per heavy atom. The van der Waals surface area contributed by atoms with Crippen LogP contribution in [-0.2, 0) is 4.79 Å². The molecule has 0 aromatic heterocycles. The average Bonchev–Trinajstić information content (AvgIpc) is 2.56. The summed E-state index contributed by atoms with van der Waals surface area (Å²) >= 11 is 0. The maximum atomic E-state index is 11.9. The van der Waals surface area contributed by atoms with Crippen LogP contribution in [0.5, 0.6) is 0 Å². The molecule has 4 heteroatoms. The summed E-state index contributed by atoms with van der Waals surface area (Å²) in [5.41, 5.74) is 0. The molecule has 0 bridgehead atoms. The highest BCUT2D eigenvalue weighted by atomic mass is 16.3. The van der Waals surface area contributed by atoms with Crippen LogP contribution < -0.4 is 10.6 Å². The van der Waals surface area contributed by atoms with Gasteiger partial charge in [0.2, 0.25) is 5.91 Å². The fourth-order valence-electron chi connectivity index (χ4n) is 1.88. The van der Waals surface area contributed by atoms with Crippen LogP contribution in [0.3, 0.4) is 0 Å². The van der Waals surface area contributed by atoms with Gasteiger partial charge in [-0.15, -0.1) is 0 Å². The molecule has 4 nitrogen and oxygen atoms in total. The molecule has 3 atom stereocenters. The summed E-state index contributed by atoms with van der Waals surface area (Å²) in [6.45, 7) is 4.92. The third-order valence-corrected chi connectivity index (χ3v) is 3.39. The summed E-state index contributed by atoms with van der Waals surface area (Å²) in [5.74, 6) is 0.185. The van der Waals surface area contributed by atoms with Crippen molar-refractivity contribution >= 4 is 5.91 Å². The topological polar surface area (TPSA) is 61.4 Å². The van der Waals surface area contributed by atoms with E-state index >= 15 is 0 Å². The molecule has 3 N–H and O–H groups in total. The summed E-state index contributed by atoms with van der Waals surface area (Å²) in [6, 6.07) is -0.0154. The molecular weight excluding hydrogens is 204 g/mol. The Labute approximate surface area is 97.8 Å². The van der Waals surface area contributed by atoms with Crippen LogP contribution in [0.4, 0.5) is 0 Å². The van der Waals surface area contributed by atoms with E-state index in [2.05, 4.69) is 10.6 Å². The third-order valence-electron chi connectivity index (χ3n) is 3.39. The lowest BCUT2D eigenvalue weighted by atomic mass is 10.0. The zero-order valence-electron chi connectivity index (χ0n) is 10.3. The highest BCUT2D eigenvalue weighted by Crippen LogP contribution is 2.09. The maximum absolute atomic E-state index is 11.9. The third kappa shape index (κ3) is 4.10. The van der Waals surface area contributed by atoms with Crippen LogP contribution in [0.15, 0.2) is 0 Å². The molecule has 16 heavy (non-hydrogen) atoms. The van der Waals surface area contributed by atoms with Crippen LogP contribution in [0, 0.1) is 5.92 Å². The molecular formula is C12H24N2O2. The average molecular weight is 228 g/mol. The normalized spacial score (nSPS) is 25.6. The molecule has 1 aliphatic rings. The molecule has 0 aliphatic carbocycles. The first-order valence-corrected chi connectivity index (χ1v) is 6.29. The number of hydrogen-bond donors (Lipinski definition) is 3. The van der Waals surface area contributed by atoms with Gasteiger partial charge in [0, 0.05) is 12.6 Å². The Balaban J connectivity index is 2.37. The van der Waals surface area contributed by atoms with E-state index in [1.54, 1.807) is 0 Å². The molecule has 1 fully saturated rings. The Kier molecular flexibility index (Phi) is 5.77. The first-order valence-electron chi connectivity index (χ1n) is 6.29. The number of rotatable bonds is 4. The molecule has 94 valence electrons. The Hall–Kier alpha value is -0.610. The van der Waals surface area contributed by atoms with Crippen molar-refractivity contribution in [2.75, 3.05) is 13.2 Å². The predicted molar refractivity (Wildman–Crippen MR) is 64.1 cm³/mol. The molecule has 0 radical (unpaired) electrons. The van der Waals surface area contributed by atoms with Crippen LogP contribution >= 0.6 is 0 Å². The molecule has 1 aliphatic heterocycles. The Morgan fingerprint density at radius 1 is 1.44 bits per heavy atom. The standard InChI is InChI=1S/C12H24N2O2/c1-9(8-15)10(2)14-12(16)11-6-4-3-5-7-13-11/h9-11,13,15H,3-8H2,1-2H3,(H,14,16). The number of nitrogens with one attached hydrogen (secondary N) is 2. The fourth-order valence-corrected chi connectivity index (χ4v) is 1.88. The number of hydrogen-bond acceptors (Lipinski definition) is 3. The SMILES string of the molecule is CC(CO)C(C)NC(=O)C1CCCCCN1. The van der Waals surface area contributed by atoms with E-state index in [0.29, 0.717) is 0 Å². The van der Waals surface area contributed by atoms with Crippen molar-refractivity contribution in [1.82, 2.24) is 10.6 Å². The van der Waals surface area contributed by atoms with E-state index in [1.165, 1.54) is 6.42 Å². The van der Waals surface area contributed by atoms with E-state index in [4.69, 9.17) is 5.11 Å². The van der Waals surface area contributed by atoms with Gasteiger partial charge in [-0.25, -0.2) is 0 Å². The second-order valence-corrected chi connectivity index (χ2v) is 4.81. The van der Waals surface area contributed by atoms with Crippen molar-refractivity contribution in [3.8, 4) is 0 Å². The second kappa shape index (κ2) is 6.86. The second-order valence-electron chi connectivity index (χ2n) is 4.81. The smallest absolute Gasteiger partial charge is 0.237 e. The zero-order valence-corrected chi connectivity index (χ0v) is 10.3.